The highest BCUT2D eigenvalue weighted by Gasteiger charge is 2.24. The summed E-state index contributed by atoms with van der Waals surface area (Å²) in [4.78, 5) is 24.7. The Hall–Kier alpha value is -1.59. The van der Waals surface area contributed by atoms with Crippen LogP contribution in [-0.2, 0) is 15.0 Å². The highest BCUT2D eigenvalue weighted by atomic mass is 35.5. The molecule has 0 aromatic heterocycles. The Kier molecular flexibility index (Phi) is 8.12. The summed E-state index contributed by atoms with van der Waals surface area (Å²) in [6, 6.07) is 8.31. The van der Waals surface area contributed by atoms with Crippen LogP contribution in [0.25, 0.3) is 0 Å². The second-order valence-corrected chi connectivity index (χ2v) is 5.98. The van der Waals surface area contributed by atoms with Crippen LogP contribution in [0.3, 0.4) is 0 Å². The predicted octanol–water partition coefficient (Wildman–Crippen LogP) is 1.23. The number of nitrogens with zero attached hydrogens (tertiary/aromatic N) is 1. The van der Waals surface area contributed by atoms with E-state index in [1.54, 1.807) is 11.9 Å². The van der Waals surface area contributed by atoms with Crippen molar-refractivity contribution in [3.63, 3.8) is 0 Å². The van der Waals surface area contributed by atoms with Gasteiger partial charge in [-0.05, 0) is 12.5 Å². The molecule has 0 unspecified atom stereocenters. The normalized spacial score (nSPS) is 10.6. The zero-order valence-corrected chi connectivity index (χ0v) is 14.5. The number of carbonyl (C=O) groups excluding carboxylic acids is 2. The van der Waals surface area contributed by atoms with E-state index < -0.39 is 0 Å². The Bertz CT molecular complexity index is 501. The van der Waals surface area contributed by atoms with Gasteiger partial charge in [-0.2, -0.15) is 0 Å². The Labute approximate surface area is 138 Å². The largest absolute Gasteiger partial charge is 0.346 e. The third kappa shape index (κ3) is 6.03. The fourth-order valence-electron chi connectivity index (χ4n) is 2.16. The van der Waals surface area contributed by atoms with E-state index in [4.69, 9.17) is 5.73 Å². The summed E-state index contributed by atoms with van der Waals surface area (Å²) in [6.45, 7) is 6.70. The molecule has 0 bridgehead atoms. The number of nitrogens with two attached hydrogens (primary N) is 1. The number of hydrogen-bond donors (Lipinski definition) is 2. The van der Waals surface area contributed by atoms with Crippen LogP contribution in [0.5, 0.6) is 0 Å². The Morgan fingerprint density at radius 2 is 1.77 bits per heavy atom. The van der Waals surface area contributed by atoms with Crippen LogP contribution in [0, 0.1) is 6.92 Å². The highest BCUT2D eigenvalue weighted by Crippen LogP contribution is 2.24. The monoisotopic (exact) mass is 327 g/mol. The van der Waals surface area contributed by atoms with Crippen molar-refractivity contribution >= 4 is 24.2 Å². The topological polar surface area (TPSA) is 75.4 Å². The summed E-state index contributed by atoms with van der Waals surface area (Å²) in [5.41, 5.74) is 7.42. The van der Waals surface area contributed by atoms with E-state index in [0.29, 0.717) is 6.54 Å². The first-order valence-electron chi connectivity index (χ1n) is 7.04. The zero-order chi connectivity index (χ0) is 16.0. The number of likely N-dealkylation sites (N-methyl/N-ethyl adjacent to an activating group) is 1. The molecular formula is C16H26ClN3O2. The molecule has 2 amide bonds. The molecule has 0 aliphatic carbocycles. The smallest absolute Gasteiger partial charge is 0.241 e. The maximum Gasteiger partial charge on any atom is 0.241 e. The second-order valence-electron chi connectivity index (χ2n) is 5.98. The molecule has 6 heteroatoms. The van der Waals surface area contributed by atoms with Crippen molar-refractivity contribution in [2.24, 2.45) is 5.73 Å². The van der Waals surface area contributed by atoms with Gasteiger partial charge in [0, 0.05) is 19.0 Å². The number of aryl methyl sites for hydroxylation is 1. The molecule has 0 heterocycles. The van der Waals surface area contributed by atoms with Crippen molar-refractivity contribution in [3.05, 3.63) is 35.4 Å². The quantitative estimate of drug-likeness (QED) is 0.825. The van der Waals surface area contributed by atoms with E-state index in [1.165, 1.54) is 11.1 Å². The average Bonchev–Trinajstić information content (AvgIpc) is 2.44. The van der Waals surface area contributed by atoms with Crippen LogP contribution in [0.1, 0.15) is 25.0 Å². The molecule has 0 aliphatic heterocycles. The Morgan fingerprint density at radius 1 is 1.23 bits per heavy atom. The van der Waals surface area contributed by atoms with Crippen LogP contribution >= 0.6 is 12.4 Å². The summed E-state index contributed by atoms with van der Waals surface area (Å²) in [7, 11) is 1.74. The highest BCUT2D eigenvalue weighted by molar-refractivity contribution is 5.85. The molecule has 0 atom stereocenters. The first kappa shape index (κ1) is 20.4. The summed E-state index contributed by atoms with van der Waals surface area (Å²) < 4.78 is 0. The molecular weight excluding hydrogens is 302 g/mol. The number of hydrogen-bond acceptors (Lipinski definition) is 3. The minimum absolute atomic E-state index is 0. The van der Waals surface area contributed by atoms with Gasteiger partial charge in [0.05, 0.1) is 13.1 Å². The van der Waals surface area contributed by atoms with Crippen LogP contribution in [-0.4, -0.2) is 43.4 Å². The van der Waals surface area contributed by atoms with E-state index >= 15 is 0 Å². The number of amides is 2. The van der Waals surface area contributed by atoms with E-state index in [0.717, 1.165) is 0 Å². The lowest BCUT2D eigenvalue weighted by atomic mass is 9.84. The SMILES string of the molecule is Cc1ccc(C(C)(C)CN(C)C(=O)CNC(=O)CN)cc1.Cl. The number of halogens is 1. The maximum absolute atomic E-state index is 12.0. The van der Waals surface area contributed by atoms with Gasteiger partial charge >= 0.3 is 0 Å². The average molecular weight is 328 g/mol. The fourth-order valence-corrected chi connectivity index (χ4v) is 2.16. The lowest BCUT2D eigenvalue weighted by Crippen LogP contribution is -2.44. The van der Waals surface area contributed by atoms with Gasteiger partial charge in [0.1, 0.15) is 0 Å². The van der Waals surface area contributed by atoms with Crippen LogP contribution in [0.2, 0.25) is 0 Å². The maximum atomic E-state index is 12.0. The summed E-state index contributed by atoms with van der Waals surface area (Å²) in [5.74, 6) is -0.452. The van der Waals surface area contributed by atoms with Gasteiger partial charge in [0.15, 0.2) is 0 Å². The van der Waals surface area contributed by atoms with E-state index in [1.807, 2.05) is 6.92 Å². The van der Waals surface area contributed by atoms with Crippen LogP contribution in [0.4, 0.5) is 0 Å². The molecule has 1 aromatic carbocycles. The third-order valence-electron chi connectivity index (χ3n) is 3.51. The minimum atomic E-state index is -0.324. The number of nitrogens with one attached hydrogen (secondary N) is 1. The van der Waals surface area contributed by atoms with Gasteiger partial charge in [0.25, 0.3) is 0 Å². The molecule has 0 fully saturated rings. The van der Waals surface area contributed by atoms with Crippen LogP contribution < -0.4 is 11.1 Å². The molecule has 0 aliphatic rings. The van der Waals surface area contributed by atoms with Gasteiger partial charge in [-0.25, -0.2) is 0 Å². The van der Waals surface area contributed by atoms with Gasteiger partial charge in [-0.1, -0.05) is 43.7 Å². The molecule has 3 N–H and O–H groups in total. The van der Waals surface area contributed by atoms with Crippen molar-refractivity contribution in [1.82, 2.24) is 10.2 Å². The van der Waals surface area contributed by atoms with Crippen molar-refractivity contribution < 1.29 is 9.59 Å². The van der Waals surface area contributed by atoms with Crippen molar-refractivity contribution in [2.45, 2.75) is 26.2 Å². The molecule has 1 rings (SSSR count). The number of benzene rings is 1. The van der Waals surface area contributed by atoms with E-state index in [-0.39, 0.29) is 42.7 Å². The Morgan fingerprint density at radius 3 is 2.27 bits per heavy atom. The standard InChI is InChI=1S/C16H25N3O2.ClH/c1-12-5-7-13(8-6-12)16(2,3)11-19(4)15(21)10-18-14(20)9-17;/h5-8H,9-11,17H2,1-4H3,(H,18,20);1H. The van der Waals surface area contributed by atoms with E-state index in [2.05, 4.69) is 43.4 Å². The van der Waals surface area contributed by atoms with Crippen LogP contribution in [0.15, 0.2) is 24.3 Å². The minimum Gasteiger partial charge on any atom is -0.346 e. The second kappa shape index (κ2) is 8.76. The molecule has 0 spiro atoms. The van der Waals surface area contributed by atoms with Gasteiger partial charge in [-0.15, -0.1) is 12.4 Å². The lowest BCUT2D eigenvalue weighted by molar-refractivity contribution is -0.132. The molecule has 124 valence electrons. The lowest BCUT2D eigenvalue weighted by Gasteiger charge is -2.31. The number of rotatable bonds is 6. The first-order chi connectivity index (χ1) is 9.76. The summed E-state index contributed by atoms with van der Waals surface area (Å²) >= 11 is 0. The van der Waals surface area contributed by atoms with Gasteiger partial charge in [0.2, 0.25) is 11.8 Å². The molecule has 22 heavy (non-hydrogen) atoms. The Balaban J connectivity index is 0.00000441. The molecule has 0 saturated heterocycles. The van der Waals surface area contributed by atoms with Gasteiger partial charge < -0.3 is 16.0 Å². The van der Waals surface area contributed by atoms with Crippen molar-refractivity contribution in [2.75, 3.05) is 26.7 Å². The summed E-state index contributed by atoms with van der Waals surface area (Å²) in [6.07, 6.45) is 0. The zero-order valence-electron chi connectivity index (χ0n) is 13.7. The van der Waals surface area contributed by atoms with E-state index in [9.17, 15) is 9.59 Å². The summed E-state index contributed by atoms with van der Waals surface area (Å²) in [5, 5.41) is 2.49. The fraction of sp³-hybridized carbons (Fsp3) is 0.500. The predicted molar refractivity (Wildman–Crippen MR) is 91.2 cm³/mol. The molecule has 0 radical (unpaired) electrons. The third-order valence-corrected chi connectivity index (χ3v) is 3.51. The van der Waals surface area contributed by atoms with Gasteiger partial charge in [-0.3, -0.25) is 9.59 Å². The number of carbonyl (C=O) groups is 2. The first-order valence-corrected chi connectivity index (χ1v) is 7.04. The molecule has 1 aromatic rings. The van der Waals surface area contributed by atoms with Crippen molar-refractivity contribution in [3.8, 4) is 0 Å². The van der Waals surface area contributed by atoms with Crippen molar-refractivity contribution in [1.29, 1.82) is 0 Å². The molecule has 0 saturated carbocycles. The molecule has 5 nitrogen and oxygen atoms in total.